The van der Waals surface area contributed by atoms with Crippen LogP contribution in [0.5, 0.6) is 5.75 Å². The highest BCUT2D eigenvalue weighted by molar-refractivity contribution is 8.18. The second kappa shape index (κ2) is 11.0. The fourth-order valence-electron chi connectivity index (χ4n) is 4.34. The van der Waals surface area contributed by atoms with Crippen LogP contribution in [0.15, 0.2) is 53.4 Å². The van der Waals surface area contributed by atoms with Crippen LogP contribution in [0.4, 0.5) is 10.5 Å². The molecule has 0 unspecified atom stereocenters. The van der Waals surface area contributed by atoms with Crippen molar-refractivity contribution in [1.82, 2.24) is 4.90 Å². The summed E-state index contributed by atoms with van der Waals surface area (Å²) in [6.07, 6.45) is 3.63. The van der Waals surface area contributed by atoms with Crippen molar-refractivity contribution in [2.24, 2.45) is 0 Å². The average molecular weight is 503 g/mol. The van der Waals surface area contributed by atoms with Gasteiger partial charge >= 0.3 is 0 Å². The van der Waals surface area contributed by atoms with Crippen LogP contribution < -0.4 is 10.1 Å². The van der Waals surface area contributed by atoms with Crippen LogP contribution in [0.1, 0.15) is 42.0 Å². The van der Waals surface area contributed by atoms with Crippen molar-refractivity contribution in [3.63, 3.8) is 0 Å². The summed E-state index contributed by atoms with van der Waals surface area (Å²) in [6, 6.07) is 15.7. The van der Waals surface area contributed by atoms with Gasteiger partial charge in [0, 0.05) is 11.3 Å². The number of hydrogen-bond acceptors (Lipinski definition) is 5. The Kier molecular flexibility index (Phi) is 7.79. The number of ether oxygens (including phenoxy) is 1. The molecule has 0 aliphatic carbocycles. The van der Waals surface area contributed by atoms with Crippen molar-refractivity contribution in [1.29, 1.82) is 0 Å². The van der Waals surface area contributed by atoms with Crippen molar-refractivity contribution in [2.45, 2.75) is 40.5 Å². The minimum Gasteiger partial charge on any atom is -0.493 e. The van der Waals surface area contributed by atoms with E-state index in [0.29, 0.717) is 18.0 Å². The molecular formula is C29H30N2O4S. The summed E-state index contributed by atoms with van der Waals surface area (Å²) >= 11 is 0.842. The Balaban J connectivity index is 1.58. The van der Waals surface area contributed by atoms with E-state index in [1.165, 1.54) is 0 Å². The van der Waals surface area contributed by atoms with Crippen LogP contribution in [0.2, 0.25) is 0 Å². The van der Waals surface area contributed by atoms with Gasteiger partial charge < -0.3 is 10.1 Å². The van der Waals surface area contributed by atoms with Crippen molar-refractivity contribution >= 4 is 51.4 Å². The molecular weight excluding hydrogens is 472 g/mol. The molecule has 0 spiro atoms. The van der Waals surface area contributed by atoms with E-state index in [2.05, 4.69) is 12.2 Å². The van der Waals surface area contributed by atoms with Gasteiger partial charge in [0.05, 0.1) is 11.5 Å². The smallest absolute Gasteiger partial charge is 0.294 e. The first kappa shape index (κ1) is 25.5. The quantitative estimate of drug-likeness (QED) is 0.277. The van der Waals surface area contributed by atoms with E-state index < -0.39 is 17.1 Å². The highest BCUT2D eigenvalue weighted by atomic mass is 32.2. The van der Waals surface area contributed by atoms with Crippen molar-refractivity contribution in [2.75, 3.05) is 18.5 Å². The number of unbranched alkanes of at least 4 members (excludes halogenated alkanes) is 1. The number of carbonyl (C=O) groups is 3. The van der Waals surface area contributed by atoms with Gasteiger partial charge in [0.1, 0.15) is 12.3 Å². The number of hydrogen-bond donors (Lipinski definition) is 1. The summed E-state index contributed by atoms with van der Waals surface area (Å²) in [5.41, 5.74) is 4.43. The standard InChI is InChI=1S/C29H30N2O4S/c1-5-6-13-35-24-12-11-21-9-7-8-10-22(21)23(24)16-25-28(33)31(29(34)36-25)17-26(32)30-27-19(3)14-18(2)15-20(27)4/h7-12,14-16H,5-6,13,17H2,1-4H3,(H,30,32)/b25-16-. The number of rotatable bonds is 8. The molecule has 0 saturated carbocycles. The summed E-state index contributed by atoms with van der Waals surface area (Å²) in [7, 11) is 0. The third kappa shape index (κ3) is 5.46. The zero-order chi connectivity index (χ0) is 25.8. The summed E-state index contributed by atoms with van der Waals surface area (Å²) in [6.45, 7) is 8.15. The maximum absolute atomic E-state index is 13.2. The number of benzene rings is 3. The molecule has 186 valence electrons. The number of nitrogens with one attached hydrogen (secondary N) is 1. The lowest BCUT2D eigenvalue weighted by molar-refractivity contribution is -0.127. The van der Waals surface area contributed by atoms with E-state index in [-0.39, 0.29) is 11.4 Å². The summed E-state index contributed by atoms with van der Waals surface area (Å²) in [5.74, 6) is -0.232. The minimum absolute atomic E-state index is 0.271. The molecule has 0 aromatic heterocycles. The molecule has 1 heterocycles. The molecule has 1 N–H and O–H groups in total. The predicted octanol–water partition coefficient (Wildman–Crippen LogP) is 6.62. The van der Waals surface area contributed by atoms with Gasteiger partial charge in [0.2, 0.25) is 5.91 Å². The van der Waals surface area contributed by atoms with E-state index in [4.69, 9.17) is 4.74 Å². The van der Waals surface area contributed by atoms with E-state index in [1.807, 2.05) is 69.3 Å². The van der Waals surface area contributed by atoms with Gasteiger partial charge in [-0.1, -0.05) is 61.4 Å². The number of anilines is 1. The Labute approximate surface area is 215 Å². The molecule has 1 fully saturated rings. The molecule has 0 bridgehead atoms. The largest absolute Gasteiger partial charge is 0.493 e. The fraction of sp³-hybridized carbons (Fsp3) is 0.276. The van der Waals surface area contributed by atoms with Gasteiger partial charge in [0.15, 0.2) is 0 Å². The van der Waals surface area contributed by atoms with E-state index >= 15 is 0 Å². The maximum atomic E-state index is 13.2. The number of fused-ring (bicyclic) bond motifs is 1. The Morgan fingerprint density at radius 2 is 1.78 bits per heavy atom. The lowest BCUT2D eigenvalue weighted by Gasteiger charge is -2.16. The number of aryl methyl sites for hydroxylation is 3. The first-order chi connectivity index (χ1) is 17.3. The predicted molar refractivity (Wildman–Crippen MR) is 146 cm³/mol. The maximum Gasteiger partial charge on any atom is 0.294 e. The van der Waals surface area contributed by atoms with Gasteiger partial charge in [-0.2, -0.15) is 0 Å². The molecule has 0 radical (unpaired) electrons. The summed E-state index contributed by atoms with van der Waals surface area (Å²) in [5, 5.41) is 4.34. The highest BCUT2D eigenvalue weighted by Gasteiger charge is 2.36. The Morgan fingerprint density at radius 1 is 1.06 bits per heavy atom. The second-order valence-electron chi connectivity index (χ2n) is 8.99. The van der Waals surface area contributed by atoms with Crippen LogP contribution in [0.3, 0.4) is 0 Å². The van der Waals surface area contributed by atoms with Gasteiger partial charge in [-0.3, -0.25) is 19.3 Å². The first-order valence-corrected chi connectivity index (χ1v) is 12.9. The zero-order valence-corrected chi connectivity index (χ0v) is 21.8. The molecule has 36 heavy (non-hydrogen) atoms. The minimum atomic E-state index is -0.482. The molecule has 3 aromatic carbocycles. The van der Waals surface area contributed by atoms with E-state index in [1.54, 1.807) is 6.08 Å². The average Bonchev–Trinajstić information content (AvgIpc) is 3.10. The highest BCUT2D eigenvalue weighted by Crippen LogP contribution is 2.37. The number of nitrogens with zero attached hydrogens (tertiary/aromatic N) is 1. The van der Waals surface area contributed by atoms with Gasteiger partial charge in [-0.15, -0.1) is 0 Å². The summed E-state index contributed by atoms with van der Waals surface area (Å²) in [4.78, 5) is 40.0. The van der Waals surface area contributed by atoms with Gasteiger partial charge in [-0.05, 0) is 73.0 Å². The van der Waals surface area contributed by atoms with Crippen molar-refractivity contribution < 1.29 is 19.1 Å². The van der Waals surface area contributed by atoms with Crippen LogP contribution in [-0.4, -0.2) is 35.1 Å². The molecule has 0 atom stereocenters. The molecule has 3 amide bonds. The normalized spacial score (nSPS) is 14.7. The second-order valence-corrected chi connectivity index (χ2v) is 9.98. The molecule has 3 aromatic rings. The van der Waals surface area contributed by atoms with E-state index in [0.717, 1.165) is 62.5 Å². The number of imide groups is 1. The van der Waals surface area contributed by atoms with Crippen LogP contribution in [-0.2, 0) is 9.59 Å². The Morgan fingerprint density at radius 3 is 2.50 bits per heavy atom. The summed E-state index contributed by atoms with van der Waals surface area (Å²) < 4.78 is 6.02. The van der Waals surface area contributed by atoms with E-state index in [9.17, 15) is 14.4 Å². The van der Waals surface area contributed by atoms with Crippen molar-refractivity contribution in [3.05, 3.63) is 75.7 Å². The fourth-order valence-corrected chi connectivity index (χ4v) is 5.16. The third-order valence-corrected chi connectivity index (χ3v) is 6.99. The van der Waals surface area contributed by atoms with Gasteiger partial charge in [-0.25, -0.2) is 0 Å². The monoisotopic (exact) mass is 502 g/mol. The third-order valence-electron chi connectivity index (χ3n) is 6.08. The number of thioether (sulfide) groups is 1. The van der Waals surface area contributed by atoms with Crippen LogP contribution >= 0.6 is 11.8 Å². The lowest BCUT2D eigenvalue weighted by Crippen LogP contribution is -2.36. The van der Waals surface area contributed by atoms with Crippen LogP contribution in [0, 0.1) is 20.8 Å². The number of amides is 3. The van der Waals surface area contributed by atoms with Crippen molar-refractivity contribution in [3.8, 4) is 5.75 Å². The van der Waals surface area contributed by atoms with Crippen LogP contribution in [0.25, 0.3) is 16.8 Å². The Hall–Kier alpha value is -3.58. The molecule has 4 rings (SSSR count). The lowest BCUT2D eigenvalue weighted by atomic mass is 10.0. The SMILES string of the molecule is CCCCOc1ccc2ccccc2c1/C=C1\SC(=O)N(CC(=O)Nc2c(C)cc(C)cc2C)C1=O. The van der Waals surface area contributed by atoms with Gasteiger partial charge in [0.25, 0.3) is 11.1 Å². The Bertz CT molecular complexity index is 1360. The molecule has 1 saturated heterocycles. The molecule has 7 heteroatoms. The molecule has 1 aliphatic rings. The molecule has 6 nitrogen and oxygen atoms in total. The topological polar surface area (TPSA) is 75.7 Å². The zero-order valence-electron chi connectivity index (χ0n) is 21.0. The number of carbonyl (C=O) groups excluding carboxylic acids is 3. The first-order valence-electron chi connectivity index (χ1n) is 12.1. The molecule has 1 aliphatic heterocycles.